The molecule has 0 spiro atoms. The first kappa shape index (κ1) is 19.0. The van der Waals surface area contributed by atoms with E-state index < -0.39 is 0 Å². The van der Waals surface area contributed by atoms with Crippen LogP contribution in [0.4, 0.5) is 5.82 Å². The molecule has 2 heterocycles. The number of nitrogens with zero attached hydrogens (tertiary/aromatic N) is 2. The van der Waals surface area contributed by atoms with Crippen molar-refractivity contribution >= 4 is 11.7 Å². The summed E-state index contributed by atoms with van der Waals surface area (Å²) in [5.74, 6) is 2.11. The lowest BCUT2D eigenvalue weighted by Gasteiger charge is -2.26. The van der Waals surface area contributed by atoms with E-state index in [1.54, 1.807) is 18.3 Å². The SMILES string of the molecule is CN(CCCO)c1ccc(C(=O)NCC[C@@H]2COc3ccccc3O2)cn1. The van der Waals surface area contributed by atoms with E-state index in [2.05, 4.69) is 10.3 Å². The number of hydrogen-bond donors (Lipinski definition) is 2. The van der Waals surface area contributed by atoms with E-state index in [-0.39, 0.29) is 18.6 Å². The number of pyridine rings is 1. The average Bonchev–Trinajstić information content (AvgIpc) is 2.72. The maximum Gasteiger partial charge on any atom is 0.252 e. The normalized spacial score (nSPS) is 15.3. The largest absolute Gasteiger partial charge is 0.486 e. The second kappa shape index (κ2) is 9.23. The number of ether oxygens (including phenoxy) is 2. The predicted molar refractivity (Wildman–Crippen MR) is 103 cm³/mol. The highest BCUT2D eigenvalue weighted by Gasteiger charge is 2.20. The van der Waals surface area contributed by atoms with Crippen LogP contribution in [0.3, 0.4) is 0 Å². The van der Waals surface area contributed by atoms with E-state index >= 15 is 0 Å². The zero-order valence-corrected chi connectivity index (χ0v) is 15.4. The number of aliphatic hydroxyl groups is 1. The average molecular weight is 371 g/mol. The molecule has 1 aromatic heterocycles. The van der Waals surface area contributed by atoms with Gasteiger partial charge in [0.2, 0.25) is 0 Å². The highest BCUT2D eigenvalue weighted by molar-refractivity contribution is 5.94. The smallest absolute Gasteiger partial charge is 0.252 e. The van der Waals surface area contributed by atoms with Crippen LogP contribution < -0.4 is 19.7 Å². The Bertz CT molecular complexity index is 751. The molecular formula is C20H25N3O4. The van der Waals surface area contributed by atoms with Crippen LogP contribution in [0.15, 0.2) is 42.6 Å². The number of carbonyl (C=O) groups is 1. The number of carbonyl (C=O) groups excluding carboxylic acids is 1. The molecule has 0 bridgehead atoms. The summed E-state index contributed by atoms with van der Waals surface area (Å²) < 4.78 is 11.6. The Morgan fingerprint density at radius 3 is 2.85 bits per heavy atom. The molecule has 1 atom stereocenters. The van der Waals surface area contributed by atoms with E-state index in [0.29, 0.717) is 38.1 Å². The van der Waals surface area contributed by atoms with Gasteiger partial charge in [-0.1, -0.05) is 12.1 Å². The van der Waals surface area contributed by atoms with E-state index in [1.165, 1.54) is 0 Å². The Morgan fingerprint density at radius 1 is 1.30 bits per heavy atom. The number of aliphatic hydroxyl groups excluding tert-OH is 1. The lowest BCUT2D eigenvalue weighted by molar-refractivity contribution is 0.0812. The monoisotopic (exact) mass is 371 g/mol. The van der Waals surface area contributed by atoms with Gasteiger partial charge >= 0.3 is 0 Å². The van der Waals surface area contributed by atoms with Gasteiger partial charge in [-0.3, -0.25) is 4.79 Å². The lowest BCUT2D eigenvalue weighted by atomic mass is 10.2. The molecule has 0 unspecified atom stereocenters. The number of hydrogen-bond acceptors (Lipinski definition) is 6. The summed E-state index contributed by atoms with van der Waals surface area (Å²) >= 11 is 0. The van der Waals surface area contributed by atoms with Gasteiger partial charge in [0.1, 0.15) is 18.5 Å². The fraction of sp³-hybridized carbons (Fsp3) is 0.400. The summed E-state index contributed by atoms with van der Waals surface area (Å²) in [6.07, 6.45) is 2.82. The Kier molecular flexibility index (Phi) is 6.49. The number of rotatable bonds is 8. The van der Waals surface area contributed by atoms with Crippen LogP contribution in [-0.2, 0) is 0 Å². The molecule has 1 aromatic carbocycles. The van der Waals surface area contributed by atoms with Crippen molar-refractivity contribution in [2.75, 3.05) is 38.3 Å². The van der Waals surface area contributed by atoms with Gasteiger partial charge in [-0.25, -0.2) is 4.98 Å². The summed E-state index contributed by atoms with van der Waals surface area (Å²) in [6.45, 7) is 1.82. The summed E-state index contributed by atoms with van der Waals surface area (Å²) in [5.41, 5.74) is 0.514. The molecule has 0 fully saturated rings. The number of fused-ring (bicyclic) bond motifs is 1. The Balaban J connectivity index is 1.44. The first-order valence-electron chi connectivity index (χ1n) is 9.12. The van der Waals surface area contributed by atoms with Gasteiger partial charge in [0.25, 0.3) is 5.91 Å². The zero-order valence-electron chi connectivity index (χ0n) is 15.4. The molecule has 1 aliphatic rings. The summed E-state index contributed by atoms with van der Waals surface area (Å²) in [6, 6.07) is 11.1. The van der Waals surface area contributed by atoms with Gasteiger partial charge < -0.3 is 24.8 Å². The number of nitrogens with one attached hydrogen (secondary N) is 1. The standard InChI is InChI=1S/C20H25N3O4/c1-23(11-4-12-24)19-8-7-15(13-22-19)20(25)21-10-9-16-14-26-17-5-2-3-6-18(17)27-16/h2-3,5-8,13,16,24H,4,9-12,14H2,1H3,(H,21,25)/t16-/m1/s1. The fourth-order valence-corrected chi connectivity index (χ4v) is 2.82. The third kappa shape index (κ3) is 5.10. The minimum Gasteiger partial charge on any atom is -0.486 e. The van der Waals surface area contributed by atoms with E-state index in [4.69, 9.17) is 14.6 Å². The minimum atomic E-state index is -0.163. The lowest BCUT2D eigenvalue weighted by Crippen LogP contribution is -2.34. The second-order valence-corrected chi connectivity index (χ2v) is 6.45. The molecule has 0 radical (unpaired) electrons. The number of aromatic nitrogens is 1. The number of amides is 1. The quantitative estimate of drug-likeness (QED) is 0.737. The molecule has 0 aliphatic carbocycles. The van der Waals surface area contributed by atoms with Crippen molar-refractivity contribution in [3.05, 3.63) is 48.2 Å². The maximum atomic E-state index is 12.3. The maximum absolute atomic E-state index is 12.3. The van der Waals surface area contributed by atoms with E-state index in [0.717, 1.165) is 17.3 Å². The third-order valence-electron chi connectivity index (χ3n) is 4.37. The van der Waals surface area contributed by atoms with Crippen molar-refractivity contribution in [1.82, 2.24) is 10.3 Å². The molecule has 1 amide bonds. The molecular weight excluding hydrogens is 346 g/mol. The summed E-state index contributed by atoms with van der Waals surface area (Å²) in [4.78, 5) is 18.5. The van der Waals surface area contributed by atoms with Crippen molar-refractivity contribution in [1.29, 1.82) is 0 Å². The first-order valence-corrected chi connectivity index (χ1v) is 9.12. The molecule has 2 aromatic rings. The van der Waals surface area contributed by atoms with Crippen LogP contribution in [0.5, 0.6) is 11.5 Å². The number of anilines is 1. The van der Waals surface area contributed by atoms with Gasteiger partial charge in [-0.2, -0.15) is 0 Å². The van der Waals surface area contributed by atoms with Crippen LogP contribution >= 0.6 is 0 Å². The Morgan fingerprint density at radius 2 is 2.11 bits per heavy atom. The predicted octanol–water partition coefficient (Wildman–Crippen LogP) is 1.86. The topological polar surface area (TPSA) is 83.9 Å². The van der Waals surface area contributed by atoms with Crippen molar-refractivity contribution in [2.45, 2.75) is 18.9 Å². The minimum absolute atomic E-state index is 0.0825. The number of benzene rings is 1. The second-order valence-electron chi connectivity index (χ2n) is 6.45. The van der Waals surface area contributed by atoms with Crippen molar-refractivity contribution in [2.24, 2.45) is 0 Å². The molecule has 27 heavy (non-hydrogen) atoms. The van der Waals surface area contributed by atoms with E-state index in [1.807, 2.05) is 36.2 Å². The molecule has 7 nitrogen and oxygen atoms in total. The molecule has 7 heteroatoms. The highest BCUT2D eigenvalue weighted by atomic mass is 16.6. The number of para-hydroxylation sites is 2. The Hall–Kier alpha value is -2.80. The highest BCUT2D eigenvalue weighted by Crippen LogP contribution is 2.31. The summed E-state index contributed by atoms with van der Waals surface area (Å²) in [5, 5.41) is 11.8. The molecule has 144 valence electrons. The Labute approximate surface area is 158 Å². The van der Waals surface area contributed by atoms with Crippen LogP contribution in [0.25, 0.3) is 0 Å². The molecule has 2 N–H and O–H groups in total. The van der Waals surface area contributed by atoms with Crippen LogP contribution in [0, 0.1) is 0 Å². The van der Waals surface area contributed by atoms with Gasteiger partial charge in [0.15, 0.2) is 11.5 Å². The first-order chi connectivity index (χ1) is 13.2. The van der Waals surface area contributed by atoms with Crippen molar-refractivity contribution in [3.8, 4) is 11.5 Å². The van der Waals surface area contributed by atoms with Gasteiger partial charge in [0.05, 0.1) is 5.56 Å². The summed E-state index contributed by atoms with van der Waals surface area (Å²) in [7, 11) is 1.90. The van der Waals surface area contributed by atoms with Crippen LogP contribution in [0.2, 0.25) is 0 Å². The van der Waals surface area contributed by atoms with Gasteiger partial charge in [-0.05, 0) is 30.7 Å². The molecule has 0 saturated heterocycles. The molecule has 0 saturated carbocycles. The zero-order chi connectivity index (χ0) is 19.1. The van der Waals surface area contributed by atoms with Crippen LogP contribution in [-0.4, -0.2) is 55.5 Å². The van der Waals surface area contributed by atoms with Gasteiger partial charge in [0, 0.05) is 39.4 Å². The van der Waals surface area contributed by atoms with Gasteiger partial charge in [-0.15, -0.1) is 0 Å². The van der Waals surface area contributed by atoms with E-state index in [9.17, 15) is 4.79 Å². The molecule has 3 rings (SSSR count). The third-order valence-corrected chi connectivity index (χ3v) is 4.37. The molecule has 1 aliphatic heterocycles. The van der Waals surface area contributed by atoms with Crippen molar-refractivity contribution in [3.63, 3.8) is 0 Å². The van der Waals surface area contributed by atoms with Crippen LogP contribution in [0.1, 0.15) is 23.2 Å². The fourth-order valence-electron chi connectivity index (χ4n) is 2.82. The van der Waals surface area contributed by atoms with Crippen molar-refractivity contribution < 1.29 is 19.4 Å².